The Balaban J connectivity index is 1.99. The van der Waals surface area contributed by atoms with E-state index in [1.165, 1.54) is 21.3 Å². The van der Waals surface area contributed by atoms with Crippen molar-refractivity contribution in [3.8, 4) is 28.7 Å². The normalized spacial score (nSPS) is 13.3. The Hall–Kier alpha value is -3.33. The number of hydrogen-bond acceptors (Lipinski definition) is 8. The van der Waals surface area contributed by atoms with E-state index in [1.807, 2.05) is 19.9 Å². The number of ether oxygens (including phenoxy) is 6. The Kier molecular flexibility index (Phi) is 8.48. The number of hydrogen-bond donors (Lipinski definition) is 1. The number of methoxy groups -OCH3 is 3. The molecule has 9 heteroatoms. The summed E-state index contributed by atoms with van der Waals surface area (Å²) in [6, 6.07) is 6.90. The second-order valence-electron chi connectivity index (χ2n) is 7.14. The van der Waals surface area contributed by atoms with Crippen LogP contribution in [0.15, 0.2) is 24.3 Å². The first-order valence-corrected chi connectivity index (χ1v) is 10.9. The summed E-state index contributed by atoms with van der Waals surface area (Å²) < 4.78 is 33.3. The lowest BCUT2D eigenvalue weighted by Crippen LogP contribution is -2.36. The van der Waals surface area contributed by atoms with Crippen LogP contribution in [0.1, 0.15) is 24.2 Å². The maximum atomic E-state index is 13.3. The smallest absolute Gasteiger partial charge is 0.259 e. The molecular formula is C24H32N2O7. The summed E-state index contributed by atoms with van der Waals surface area (Å²) in [7, 11) is 4.53. The Bertz CT molecular complexity index is 958. The van der Waals surface area contributed by atoms with Crippen LogP contribution in [0.25, 0.3) is 0 Å². The number of carbonyl (C=O) groups excluding carboxylic acids is 1. The number of rotatable bonds is 10. The molecule has 1 amide bonds. The van der Waals surface area contributed by atoms with Gasteiger partial charge in [0.15, 0.2) is 11.5 Å². The van der Waals surface area contributed by atoms with E-state index in [1.54, 1.807) is 18.2 Å². The molecule has 1 aliphatic heterocycles. The lowest BCUT2D eigenvalue weighted by molar-refractivity contribution is 0.102. The van der Waals surface area contributed by atoms with E-state index in [0.717, 1.165) is 18.8 Å². The molecule has 1 fully saturated rings. The quantitative estimate of drug-likeness (QED) is 0.576. The summed E-state index contributed by atoms with van der Waals surface area (Å²) in [4.78, 5) is 15.5. The van der Waals surface area contributed by atoms with Crippen molar-refractivity contribution >= 4 is 17.3 Å². The fourth-order valence-corrected chi connectivity index (χ4v) is 3.64. The van der Waals surface area contributed by atoms with E-state index in [-0.39, 0.29) is 5.91 Å². The van der Waals surface area contributed by atoms with Gasteiger partial charge in [-0.3, -0.25) is 4.79 Å². The highest BCUT2D eigenvalue weighted by molar-refractivity contribution is 6.07. The van der Waals surface area contributed by atoms with Gasteiger partial charge in [-0.15, -0.1) is 0 Å². The molecule has 3 rings (SSSR count). The number of morpholine rings is 1. The Labute approximate surface area is 194 Å². The van der Waals surface area contributed by atoms with E-state index >= 15 is 0 Å². The summed E-state index contributed by atoms with van der Waals surface area (Å²) in [5.74, 6) is 2.08. The highest BCUT2D eigenvalue weighted by atomic mass is 16.5. The highest BCUT2D eigenvalue weighted by Gasteiger charge is 2.23. The molecule has 0 spiro atoms. The van der Waals surface area contributed by atoms with Crippen LogP contribution in [0.4, 0.5) is 11.4 Å². The van der Waals surface area contributed by atoms with E-state index in [4.69, 9.17) is 28.4 Å². The van der Waals surface area contributed by atoms with Crippen molar-refractivity contribution in [2.45, 2.75) is 13.8 Å². The summed E-state index contributed by atoms with van der Waals surface area (Å²) in [5.41, 5.74) is 1.71. The van der Waals surface area contributed by atoms with Crippen molar-refractivity contribution < 1.29 is 33.2 Å². The molecule has 1 heterocycles. The summed E-state index contributed by atoms with van der Waals surface area (Å²) in [6.07, 6.45) is 0. The van der Waals surface area contributed by atoms with E-state index in [0.29, 0.717) is 66.4 Å². The third kappa shape index (κ3) is 5.54. The van der Waals surface area contributed by atoms with Gasteiger partial charge in [-0.1, -0.05) is 0 Å². The SMILES string of the molecule is CCOc1cc(N2CCOCC2)c(OCC)cc1NC(=O)c1cc(OC)c(OC)cc1OC. The maximum Gasteiger partial charge on any atom is 0.259 e. The van der Waals surface area contributed by atoms with E-state index < -0.39 is 0 Å². The molecule has 33 heavy (non-hydrogen) atoms. The number of anilines is 2. The van der Waals surface area contributed by atoms with Crippen LogP contribution in [0.5, 0.6) is 28.7 Å². The molecule has 1 N–H and O–H groups in total. The Morgan fingerprint density at radius 3 is 2.06 bits per heavy atom. The molecule has 0 aromatic heterocycles. The van der Waals surface area contributed by atoms with Gasteiger partial charge in [0.1, 0.15) is 17.2 Å². The number of amides is 1. The van der Waals surface area contributed by atoms with E-state index in [9.17, 15) is 4.79 Å². The summed E-state index contributed by atoms with van der Waals surface area (Å²) >= 11 is 0. The predicted molar refractivity (Wildman–Crippen MR) is 126 cm³/mol. The minimum absolute atomic E-state index is 0.299. The first-order chi connectivity index (χ1) is 16.1. The zero-order valence-electron chi connectivity index (χ0n) is 19.9. The molecule has 0 radical (unpaired) electrons. The monoisotopic (exact) mass is 460 g/mol. The maximum absolute atomic E-state index is 13.3. The topological polar surface area (TPSA) is 87.7 Å². The number of nitrogens with zero attached hydrogens (tertiary/aromatic N) is 1. The van der Waals surface area contributed by atoms with E-state index in [2.05, 4.69) is 10.2 Å². The molecule has 1 saturated heterocycles. The second kappa shape index (κ2) is 11.5. The van der Waals surface area contributed by atoms with Gasteiger partial charge in [0.25, 0.3) is 5.91 Å². The van der Waals surface area contributed by atoms with Crippen molar-refractivity contribution in [3.05, 3.63) is 29.8 Å². The minimum atomic E-state index is -0.379. The van der Waals surface area contributed by atoms with Gasteiger partial charge in [0, 0.05) is 37.4 Å². The molecule has 0 bridgehead atoms. The largest absolute Gasteiger partial charge is 0.496 e. The van der Waals surface area contributed by atoms with Crippen molar-refractivity contribution in [1.82, 2.24) is 0 Å². The molecule has 180 valence electrons. The average Bonchev–Trinajstić information content (AvgIpc) is 2.85. The van der Waals surface area contributed by atoms with Gasteiger partial charge in [-0.2, -0.15) is 0 Å². The van der Waals surface area contributed by atoms with Crippen LogP contribution >= 0.6 is 0 Å². The standard InChI is InChI=1S/C24H32N2O7/c1-6-32-20-14-18(26-8-10-31-11-9-26)21(33-7-2)13-17(20)25-24(27)16-12-22(29-4)23(30-5)15-19(16)28-3/h12-15H,6-11H2,1-5H3,(H,25,27). The Morgan fingerprint density at radius 1 is 0.848 bits per heavy atom. The van der Waals surface area contributed by atoms with Crippen molar-refractivity contribution in [1.29, 1.82) is 0 Å². The third-order valence-electron chi connectivity index (χ3n) is 5.21. The highest BCUT2D eigenvalue weighted by Crippen LogP contribution is 2.40. The summed E-state index contributed by atoms with van der Waals surface area (Å²) in [6.45, 7) is 7.54. The van der Waals surface area contributed by atoms with Gasteiger partial charge in [0.2, 0.25) is 0 Å². The van der Waals surface area contributed by atoms with Crippen LogP contribution in [0.2, 0.25) is 0 Å². The molecule has 2 aromatic rings. The van der Waals surface area contributed by atoms with Gasteiger partial charge in [0.05, 0.1) is 64.7 Å². The molecule has 0 saturated carbocycles. The number of benzene rings is 2. The lowest BCUT2D eigenvalue weighted by atomic mass is 10.1. The lowest BCUT2D eigenvalue weighted by Gasteiger charge is -2.31. The summed E-state index contributed by atoms with van der Waals surface area (Å²) in [5, 5.41) is 2.94. The first-order valence-electron chi connectivity index (χ1n) is 10.9. The van der Waals surface area contributed by atoms with Crippen molar-refractivity contribution in [3.63, 3.8) is 0 Å². The van der Waals surface area contributed by atoms with Gasteiger partial charge < -0.3 is 38.6 Å². The van der Waals surface area contributed by atoms with Crippen LogP contribution < -0.4 is 33.9 Å². The fraction of sp³-hybridized carbons (Fsp3) is 0.458. The van der Waals surface area contributed by atoms with Crippen LogP contribution in [-0.2, 0) is 4.74 Å². The molecule has 2 aromatic carbocycles. The Morgan fingerprint density at radius 2 is 1.45 bits per heavy atom. The molecular weight excluding hydrogens is 428 g/mol. The molecule has 1 aliphatic rings. The third-order valence-corrected chi connectivity index (χ3v) is 5.21. The van der Waals surface area contributed by atoms with Crippen LogP contribution in [0, 0.1) is 0 Å². The van der Waals surface area contributed by atoms with Gasteiger partial charge >= 0.3 is 0 Å². The van der Waals surface area contributed by atoms with Crippen molar-refractivity contribution in [2.75, 3.05) is 71.1 Å². The van der Waals surface area contributed by atoms with Crippen molar-refractivity contribution in [2.24, 2.45) is 0 Å². The van der Waals surface area contributed by atoms with Gasteiger partial charge in [-0.05, 0) is 13.8 Å². The van der Waals surface area contributed by atoms with Crippen LogP contribution in [0.3, 0.4) is 0 Å². The molecule has 0 unspecified atom stereocenters. The van der Waals surface area contributed by atoms with Gasteiger partial charge in [-0.25, -0.2) is 0 Å². The second-order valence-corrected chi connectivity index (χ2v) is 7.14. The van der Waals surface area contributed by atoms with Crippen LogP contribution in [-0.4, -0.2) is 66.8 Å². The zero-order valence-corrected chi connectivity index (χ0v) is 19.9. The first kappa shape index (κ1) is 24.3. The zero-order chi connectivity index (χ0) is 23.8. The molecule has 9 nitrogen and oxygen atoms in total. The predicted octanol–water partition coefficient (Wildman–Crippen LogP) is 3.60. The fourth-order valence-electron chi connectivity index (χ4n) is 3.64. The number of nitrogens with one attached hydrogen (secondary N) is 1. The molecule has 0 aliphatic carbocycles. The minimum Gasteiger partial charge on any atom is -0.496 e. The number of carbonyl (C=O) groups is 1. The average molecular weight is 461 g/mol. The molecule has 0 atom stereocenters.